The molecule has 8 heterocycles. The number of rotatable bonds is 40. The van der Waals surface area contributed by atoms with Gasteiger partial charge >= 0.3 is 0 Å². The first-order valence-corrected chi connectivity index (χ1v) is 45.5. The molecule has 8 fully saturated rings. The lowest BCUT2D eigenvalue weighted by Crippen LogP contribution is -2.33. The van der Waals surface area contributed by atoms with Crippen LogP contribution in [0.2, 0.25) is 0 Å². The number of hydrogen-bond acceptors (Lipinski definition) is 40. The molecule has 8 aliphatic rings. The number of aliphatic hydroxyl groups excluding tert-OH is 2. The fraction of sp³-hybridized carbons (Fsp3) is 0.583. The molecule has 12 aromatic rings. The van der Waals surface area contributed by atoms with E-state index in [4.69, 9.17) is 94.5 Å². The maximum atomic E-state index is 14.8. The molecule has 0 radical (unpaired) electrons. The predicted molar refractivity (Wildman–Crippen MR) is 530 cm³/mol. The second-order valence-corrected chi connectivity index (χ2v) is 33.4. The molecule has 8 aliphatic carbocycles. The third-order valence-corrected chi connectivity index (χ3v) is 23.4. The highest BCUT2D eigenvalue weighted by molar-refractivity contribution is 7.99. The Morgan fingerprint density at radius 1 is 0.361 bits per heavy atom. The van der Waals surface area contributed by atoms with Gasteiger partial charge in [0.05, 0.1) is 150 Å². The SMILES string of the molecule is [2H]c1c([2H])c([C@H]2[C@H](Nc3nc(SC([2H])([2H])C([2H])([2H])C)nc4c3nnn4[C@]3([2H])C([2H])([2H])[C@]([2H])(OCCO)[C@@]([2H])(O)[C@@]3([2H])O)C2([2H])[2H])c([2H])c(F)c1C.[2H]c1c([2H])c([C@H]2[C@H](Nc3nc(SC([2H])([2H])CC)nc4c3nnn4[C@]3([2H])C([2H])([2H])[C@]([2H])(OC([2H])([2H])C([2H])([2H])O)[C@@]([2H])(O)[C@@]3([2H])O)C2([2H])[2H])c([2H])c(F)c1C.[2H]c1c([2H])c([C@H]2[C@H](Nc3nc(SC([2H])([2H])CC)nc4c3nnn4[C@]3([2H])C([2H])([2H])[C@]([2H])(OC([2H])([2H])CO)[C@@]([2H])(O)[C@@]3([2H])O)C2([2H])[2H])c([2H])c(F)c1C.[2H]c1c([2H])c([C@H]2[C@H](Nc3nc(SC([2H])([2H])CC)nc4c3nnn4[C@]3([2H])C([2H])([2H])[C@]([2H])(OCC([2H])([2H])O)[C@@]([2H])(O)[C@@]3([2H])O)C2([2H])[2H])c([2H])c(F)c1C. The maximum absolute atomic E-state index is 14.8. The third-order valence-electron chi connectivity index (χ3n) is 20.4. The molecule has 8 aromatic heterocycles. The van der Waals surface area contributed by atoms with E-state index in [0.717, 1.165) is 6.92 Å². The molecule has 20 rings (SSSR count). The first-order chi connectivity index (χ1) is 92.7. The summed E-state index contributed by atoms with van der Waals surface area (Å²) < 4.78 is 595. The monoisotopic (exact) mass is 2140 g/mol. The van der Waals surface area contributed by atoms with Gasteiger partial charge in [-0.25, -0.2) is 76.2 Å². The minimum absolute atomic E-state index is 0.0132. The second-order valence-electron chi connectivity index (χ2n) is 30.1. The lowest BCUT2D eigenvalue weighted by molar-refractivity contribution is -0.0629. The van der Waals surface area contributed by atoms with E-state index in [0.29, 0.717) is 35.3 Å². The summed E-state index contributed by atoms with van der Waals surface area (Å²) in [6, 6.07) is -29.4. The van der Waals surface area contributed by atoms with Crippen LogP contribution < -0.4 is 21.3 Å². The Kier molecular flexibility index (Phi) is 17.4. The smallest absolute Gasteiger partial charge is 0.191 e. The van der Waals surface area contributed by atoms with E-state index >= 15 is 0 Å². The van der Waals surface area contributed by atoms with Gasteiger partial charge in [-0.05, 0) is 147 Å². The molecule has 8 saturated carbocycles. The van der Waals surface area contributed by atoms with E-state index in [1.807, 2.05) is 0 Å². The summed E-state index contributed by atoms with van der Waals surface area (Å²) in [6.45, 7) is -9.66. The van der Waals surface area contributed by atoms with E-state index in [2.05, 4.69) is 112 Å². The molecule has 0 unspecified atom stereocenters. The summed E-state index contributed by atoms with van der Waals surface area (Å²) in [7, 11) is 0. The minimum Gasteiger partial charge on any atom is -0.394 e. The largest absolute Gasteiger partial charge is 0.394 e. The number of hydrogen-bond donors (Lipinski definition) is 16. The third kappa shape index (κ3) is 23.8. The Hall–Kier alpha value is -9.52. The Labute approximate surface area is 930 Å². The van der Waals surface area contributed by atoms with Gasteiger partial charge in [0.1, 0.15) is 71.9 Å². The normalized spacial score (nSPS) is 45.8. The lowest BCUT2D eigenvalue weighted by atomic mass is 10.1. The molecule has 48 heteroatoms. The van der Waals surface area contributed by atoms with Gasteiger partial charge in [-0.1, -0.05) is 144 Å². The molecule has 0 saturated heterocycles. The quantitative estimate of drug-likeness (QED) is 0.00969. The maximum Gasteiger partial charge on any atom is 0.191 e. The number of anilines is 4. The Balaban J connectivity index is 0.000000177. The molecule has 4 aromatic carbocycles. The van der Waals surface area contributed by atoms with Gasteiger partial charge in [0.25, 0.3) is 0 Å². The summed E-state index contributed by atoms with van der Waals surface area (Å²) in [4.78, 5) is 32.9. The summed E-state index contributed by atoms with van der Waals surface area (Å²) in [5.74, 6) is -12.4. The highest BCUT2D eigenvalue weighted by Gasteiger charge is 2.51. The standard InChI is InChI=1S/4C24H31FN6O4S/c4*1-3-8-36-24-27-22(26-16-10-14(16)13-5-4-12(2)15(25)9-13)19-23(28-24)31(30-29-19)17-11-18(35-7-6-32)21(34)20(17)33/h4*4-5,9,14,16-18,20-21,32-34H,3,6-8,10-11H2,1-2H3,(H,26,27,28)/t4*14-,16+,17+,18-,20-,21+/m0000/s1/i4D,5D,6D2,7D2,8D2,9D,10D2,11D2,17D,18D,20D,21D;4D,5D,7D2,8D2,9D,10D2,11D2,17D,18D,20D,21D;4D,5D,6D2,8D2,9D,10D2,11D2,17D,18D,20D,21D;3D2,4D,5D,8D2,9D,10D2,11D2,17D,18D,20D,21D. The molecule has 0 aliphatic heterocycles. The molecular weight excluding hydrogens is 1950 g/mol. The zero-order valence-electron chi connectivity index (χ0n) is 137. The first-order valence-electron chi connectivity index (χ1n) is 73.3. The van der Waals surface area contributed by atoms with Gasteiger partial charge in [0.15, 0.2) is 88.6 Å². The zero-order chi connectivity index (χ0) is 157. The highest BCUT2D eigenvalue weighted by atomic mass is 32.2. The van der Waals surface area contributed by atoms with Gasteiger partial charge in [-0.3, -0.25) is 0 Å². The van der Waals surface area contributed by atoms with Crippen LogP contribution in [0.4, 0.5) is 40.8 Å². The highest BCUT2D eigenvalue weighted by Crippen LogP contribution is 2.50. The summed E-state index contributed by atoms with van der Waals surface area (Å²) in [5, 5.41) is 165. The summed E-state index contributed by atoms with van der Waals surface area (Å²) in [6.07, 6.45) is -77.7. The fourth-order valence-electron chi connectivity index (χ4n) is 13.2. The van der Waals surface area contributed by atoms with Crippen molar-refractivity contribution in [2.24, 2.45) is 0 Å². The van der Waals surface area contributed by atoms with Gasteiger partial charge in [-0.2, -0.15) is 0 Å². The number of ether oxygens (including phenoxy) is 4. The Morgan fingerprint density at radius 2 is 0.632 bits per heavy atom. The molecule has 0 bridgehead atoms. The van der Waals surface area contributed by atoms with Crippen LogP contribution in [0, 0.1) is 51.0 Å². The topological polar surface area (TPSA) is 554 Å². The van der Waals surface area contributed by atoms with Crippen molar-refractivity contribution >= 4 is 115 Å². The predicted octanol–water partition coefficient (Wildman–Crippen LogP) is 8.73. The van der Waals surface area contributed by atoms with Crippen molar-refractivity contribution < 1.29 is 183 Å². The van der Waals surface area contributed by atoms with Crippen LogP contribution >= 0.6 is 47.0 Å². The average molecular weight is 2140 g/mol. The van der Waals surface area contributed by atoms with E-state index in [-0.39, 0.29) is 72.0 Å². The van der Waals surface area contributed by atoms with E-state index in [9.17, 15) is 78.8 Å². The zero-order valence-corrected chi connectivity index (χ0v) is 78.4. The number of aliphatic hydroxyl groups is 12. The van der Waals surface area contributed by atoms with E-state index < -0.39 is 484 Å². The number of thioether (sulfide) groups is 4. The lowest BCUT2D eigenvalue weighted by Gasteiger charge is -2.17. The van der Waals surface area contributed by atoms with Crippen molar-refractivity contribution in [3.8, 4) is 0 Å². The number of aromatic nitrogens is 20. The van der Waals surface area contributed by atoms with Crippen LogP contribution in [0.3, 0.4) is 0 Å². The van der Waals surface area contributed by atoms with Crippen LogP contribution in [0.1, 0.15) is 282 Å². The number of fused-ring (bicyclic) bond motifs is 4. The average Bonchev–Trinajstić information content (AvgIpc) is 1.45. The first kappa shape index (κ1) is 53.1. The van der Waals surface area contributed by atoms with E-state index in [1.165, 1.54) is 48.5 Å². The van der Waals surface area contributed by atoms with Crippen LogP contribution in [0.25, 0.3) is 44.7 Å². The van der Waals surface area contributed by atoms with Gasteiger partial charge in [0, 0.05) is 132 Å². The number of nitrogens with one attached hydrogen (secondary N) is 4. The van der Waals surface area contributed by atoms with Crippen LogP contribution in [-0.4, -0.2) is 334 Å². The minimum atomic E-state index is -4.41. The molecule has 0 spiro atoms. The Bertz CT molecular complexity index is 9820. The molecule has 16 N–H and O–H groups in total. The van der Waals surface area contributed by atoms with Crippen molar-refractivity contribution in [2.75, 3.05) is 96.8 Å². The number of nitrogens with zero attached hydrogens (tertiary/aromatic N) is 20. The van der Waals surface area contributed by atoms with Gasteiger partial charge in [0.2, 0.25) is 0 Å². The molecule has 40 nitrogen and oxygen atoms in total. The fourth-order valence-corrected chi connectivity index (χ4v) is 15.2. The van der Waals surface area contributed by atoms with Crippen molar-refractivity contribution in [1.82, 2.24) is 99.8 Å². The van der Waals surface area contributed by atoms with Crippen molar-refractivity contribution in [2.45, 2.75) is 298 Å². The van der Waals surface area contributed by atoms with E-state index in [1.54, 1.807) is 0 Å². The second kappa shape index (κ2) is 47.3. The van der Waals surface area contributed by atoms with Crippen molar-refractivity contribution in [3.63, 3.8) is 0 Å². The van der Waals surface area contributed by atoms with Crippen LogP contribution in [-0.2, 0) is 18.9 Å². The van der Waals surface area contributed by atoms with Crippen molar-refractivity contribution in [3.05, 3.63) is 140 Å². The molecular formula is C96H124F4N24O16S4. The van der Waals surface area contributed by atoms with Gasteiger partial charge < -0.3 is 101 Å². The van der Waals surface area contributed by atoms with Crippen LogP contribution in [0.5, 0.6) is 0 Å². The summed E-state index contributed by atoms with van der Waals surface area (Å²) in [5.41, 5.74) is -17.7. The molecule has 776 valence electrons. The number of halogens is 4. The summed E-state index contributed by atoms with van der Waals surface area (Å²) >= 11 is 1.16. The molecule has 144 heavy (non-hydrogen) atoms. The molecule has 24 atom stereocenters. The number of benzene rings is 4. The van der Waals surface area contributed by atoms with Crippen molar-refractivity contribution in [1.29, 1.82) is 0 Å². The Morgan fingerprint density at radius 3 is 0.889 bits per heavy atom. The molecule has 0 amide bonds. The van der Waals surface area contributed by atoms with Gasteiger partial charge in [-0.15, -0.1) is 20.4 Å². The van der Waals surface area contributed by atoms with Crippen LogP contribution in [0.15, 0.2) is 93.1 Å².